The quantitative estimate of drug-likeness (QED) is 0.360. The lowest BCUT2D eigenvalue weighted by molar-refractivity contribution is 0.0832. The van der Waals surface area contributed by atoms with Gasteiger partial charge >= 0.3 is 0 Å². The van der Waals surface area contributed by atoms with Crippen LogP contribution in [-0.4, -0.2) is 71.7 Å². The minimum atomic E-state index is -0.483. The number of aliphatic hydroxyl groups is 1. The van der Waals surface area contributed by atoms with Crippen molar-refractivity contribution in [3.05, 3.63) is 47.5 Å². The van der Waals surface area contributed by atoms with Gasteiger partial charge in [-0.25, -0.2) is 15.0 Å². The van der Waals surface area contributed by atoms with E-state index in [4.69, 9.17) is 24.2 Å². The van der Waals surface area contributed by atoms with Crippen LogP contribution in [0.1, 0.15) is 42.6 Å². The number of fused-ring (bicyclic) bond motifs is 1. The normalized spacial score (nSPS) is 18.9. The summed E-state index contributed by atoms with van der Waals surface area (Å²) in [6.45, 7) is 4.63. The van der Waals surface area contributed by atoms with Crippen molar-refractivity contribution < 1.29 is 19.3 Å². The van der Waals surface area contributed by atoms with Crippen LogP contribution < -0.4 is 15.4 Å². The third-order valence-corrected chi connectivity index (χ3v) is 7.00. The summed E-state index contributed by atoms with van der Waals surface area (Å²) in [4.78, 5) is 18.4. The van der Waals surface area contributed by atoms with E-state index >= 15 is 0 Å². The van der Waals surface area contributed by atoms with E-state index in [1.807, 2.05) is 13.0 Å². The predicted molar refractivity (Wildman–Crippen MR) is 141 cm³/mol. The number of aliphatic hydroxyl groups excluding tert-OH is 1. The van der Waals surface area contributed by atoms with Gasteiger partial charge in [0, 0.05) is 50.0 Å². The molecule has 0 saturated carbocycles. The number of anilines is 3. The molecule has 2 aliphatic heterocycles. The number of rotatable bonds is 9. The van der Waals surface area contributed by atoms with Crippen LogP contribution >= 0.6 is 0 Å². The summed E-state index contributed by atoms with van der Waals surface area (Å²) in [5, 5.41) is 26.2. The molecular formula is C27H31N7O4. The highest BCUT2D eigenvalue weighted by Crippen LogP contribution is 2.41. The Kier molecular flexibility index (Phi) is 7.64. The summed E-state index contributed by atoms with van der Waals surface area (Å²) in [6.07, 6.45) is 5.07. The van der Waals surface area contributed by atoms with E-state index in [1.165, 1.54) is 0 Å². The molecule has 11 nitrogen and oxygen atoms in total. The van der Waals surface area contributed by atoms with Crippen molar-refractivity contribution >= 4 is 17.3 Å². The van der Waals surface area contributed by atoms with Gasteiger partial charge in [-0.15, -0.1) is 0 Å². The number of nitrogens with zero attached hydrogens (tertiary/aromatic N) is 5. The maximum Gasteiger partial charge on any atom is 0.241 e. The van der Waals surface area contributed by atoms with Gasteiger partial charge in [0.1, 0.15) is 24.2 Å². The number of ether oxygens (including phenoxy) is 3. The topological polar surface area (TPSA) is 147 Å². The van der Waals surface area contributed by atoms with Gasteiger partial charge in [0.15, 0.2) is 0 Å². The molecule has 198 valence electrons. The summed E-state index contributed by atoms with van der Waals surface area (Å²) >= 11 is 0. The number of hydrogen-bond donors (Lipinski definition) is 3. The van der Waals surface area contributed by atoms with Crippen LogP contribution in [0.4, 0.5) is 17.3 Å². The molecule has 4 heterocycles. The van der Waals surface area contributed by atoms with Crippen molar-refractivity contribution in [2.45, 2.75) is 31.1 Å². The molecule has 38 heavy (non-hydrogen) atoms. The lowest BCUT2D eigenvalue weighted by Crippen LogP contribution is -2.28. The summed E-state index contributed by atoms with van der Waals surface area (Å²) in [6, 6.07) is 7.82. The zero-order chi connectivity index (χ0) is 26.5. The molecule has 1 aromatic carbocycles. The highest BCUT2D eigenvalue weighted by Gasteiger charge is 2.36. The zero-order valence-electron chi connectivity index (χ0n) is 21.5. The van der Waals surface area contributed by atoms with Gasteiger partial charge in [0.05, 0.1) is 36.4 Å². The Morgan fingerprint density at radius 2 is 2.08 bits per heavy atom. The van der Waals surface area contributed by atoms with E-state index in [1.54, 1.807) is 31.6 Å². The fourth-order valence-corrected chi connectivity index (χ4v) is 4.71. The first kappa shape index (κ1) is 25.8. The molecular weight excluding hydrogens is 486 g/mol. The van der Waals surface area contributed by atoms with Crippen LogP contribution in [-0.2, 0) is 14.9 Å². The van der Waals surface area contributed by atoms with Gasteiger partial charge in [0.2, 0.25) is 11.8 Å². The van der Waals surface area contributed by atoms with Crippen molar-refractivity contribution in [2.75, 3.05) is 57.3 Å². The Balaban J connectivity index is 1.45. The van der Waals surface area contributed by atoms with E-state index in [-0.39, 0.29) is 12.5 Å². The second kappa shape index (κ2) is 11.3. The molecule has 2 aliphatic rings. The van der Waals surface area contributed by atoms with Gasteiger partial charge in [0.25, 0.3) is 0 Å². The first-order chi connectivity index (χ1) is 18.5. The highest BCUT2D eigenvalue weighted by molar-refractivity contribution is 5.76. The summed E-state index contributed by atoms with van der Waals surface area (Å²) < 4.78 is 16.5. The lowest BCUT2D eigenvalue weighted by Gasteiger charge is -2.22. The first-order valence-corrected chi connectivity index (χ1v) is 12.6. The summed E-state index contributed by atoms with van der Waals surface area (Å²) in [7, 11) is 1.62. The maximum atomic E-state index is 10.0. The molecule has 0 unspecified atom stereocenters. The van der Waals surface area contributed by atoms with Crippen LogP contribution in [0.5, 0.6) is 5.88 Å². The van der Waals surface area contributed by atoms with Crippen molar-refractivity contribution in [2.24, 2.45) is 0 Å². The molecule has 0 amide bonds. The van der Waals surface area contributed by atoms with Gasteiger partial charge < -0.3 is 30.0 Å². The van der Waals surface area contributed by atoms with E-state index in [0.29, 0.717) is 61.7 Å². The number of methoxy groups -OCH3 is 1. The number of benzene rings is 1. The monoisotopic (exact) mass is 517 g/mol. The molecule has 5 rings (SSSR count). The molecule has 1 atom stereocenters. The molecule has 1 saturated heterocycles. The minimum Gasteiger partial charge on any atom is -0.474 e. The van der Waals surface area contributed by atoms with Crippen LogP contribution in [0, 0.1) is 11.3 Å². The van der Waals surface area contributed by atoms with Crippen LogP contribution in [0.3, 0.4) is 0 Å². The summed E-state index contributed by atoms with van der Waals surface area (Å²) in [5.41, 5.74) is 3.62. The van der Waals surface area contributed by atoms with Gasteiger partial charge in [-0.3, -0.25) is 0 Å². The zero-order valence-corrected chi connectivity index (χ0v) is 21.5. The third-order valence-electron chi connectivity index (χ3n) is 7.00. The smallest absolute Gasteiger partial charge is 0.241 e. The lowest BCUT2D eigenvalue weighted by atomic mass is 9.83. The van der Waals surface area contributed by atoms with E-state index in [9.17, 15) is 10.4 Å². The van der Waals surface area contributed by atoms with Gasteiger partial charge in [-0.05, 0) is 36.6 Å². The van der Waals surface area contributed by atoms with Crippen LogP contribution in [0.2, 0.25) is 0 Å². The van der Waals surface area contributed by atoms with Crippen molar-refractivity contribution in [3.63, 3.8) is 0 Å². The molecule has 2 aromatic heterocycles. The maximum absolute atomic E-state index is 10.0. The molecule has 3 N–H and O–H groups in total. The standard InChI is InChI=1S/C27H31N7O4/c1-27(16-35)15-31-23-19(13-28)11-18(12-20(23)27)21-3-6-29-26(32-21)33-22-14-30-24(17-4-7-37-8-5-17)34-25(22)38-10-9-36-2/h3,6,11-12,14,17,31,35H,4-5,7-10,15-16H2,1-2H3,(H,29,32,33)/t27-/m1/s1. The molecule has 0 aliphatic carbocycles. The fraction of sp³-hybridized carbons (Fsp3) is 0.444. The molecule has 11 heteroatoms. The second-order valence-corrected chi connectivity index (χ2v) is 9.70. The van der Waals surface area contributed by atoms with E-state index in [2.05, 4.69) is 26.7 Å². The molecule has 0 spiro atoms. The Morgan fingerprint density at radius 3 is 2.84 bits per heavy atom. The van der Waals surface area contributed by atoms with Crippen molar-refractivity contribution in [1.82, 2.24) is 19.9 Å². The number of nitrogens with one attached hydrogen (secondary N) is 2. The predicted octanol–water partition coefficient (Wildman–Crippen LogP) is 3.14. The average molecular weight is 518 g/mol. The molecule has 1 fully saturated rings. The Bertz CT molecular complexity index is 1340. The van der Waals surface area contributed by atoms with Crippen molar-refractivity contribution in [3.8, 4) is 23.2 Å². The fourth-order valence-electron chi connectivity index (χ4n) is 4.71. The van der Waals surface area contributed by atoms with Crippen molar-refractivity contribution in [1.29, 1.82) is 5.26 Å². The SMILES string of the molecule is COCCOc1nc(C2CCOCC2)ncc1Nc1nccc(-c2cc(C#N)c3c(c2)[C@@](C)(CO)CN3)n1. The van der Waals surface area contributed by atoms with Crippen LogP contribution in [0.15, 0.2) is 30.6 Å². The van der Waals surface area contributed by atoms with Gasteiger partial charge in [-0.2, -0.15) is 10.2 Å². The largest absolute Gasteiger partial charge is 0.474 e. The second-order valence-electron chi connectivity index (χ2n) is 9.70. The number of aromatic nitrogens is 4. The molecule has 0 bridgehead atoms. The molecule has 0 radical (unpaired) electrons. The Morgan fingerprint density at radius 1 is 1.24 bits per heavy atom. The van der Waals surface area contributed by atoms with Crippen LogP contribution in [0.25, 0.3) is 11.3 Å². The third kappa shape index (κ3) is 5.24. The number of hydrogen-bond acceptors (Lipinski definition) is 11. The first-order valence-electron chi connectivity index (χ1n) is 12.6. The highest BCUT2D eigenvalue weighted by atomic mass is 16.5. The van der Waals surface area contributed by atoms with Gasteiger partial charge in [-0.1, -0.05) is 6.92 Å². The minimum absolute atomic E-state index is 0.0341. The molecule has 3 aromatic rings. The average Bonchev–Trinajstić information content (AvgIpc) is 3.31. The number of nitriles is 1. The summed E-state index contributed by atoms with van der Waals surface area (Å²) in [5.74, 6) is 1.68. The Hall–Kier alpha value is -3.85. The Labute approximate surface area is 221 Å². The van der Waals surface area contributed by atoms with E-state index < -0.39 is 5.41 Å². The van der Waals surface area contributed by atoms with E-state index in [0.717, 1.165) is 35.5 Å².